The van der Waals surface area contributed by atoms with Gasteiger partial charge in [-0.1, -0.05) is 26.2 Å². The number of hydrogen-bond donors (Lipinski definition) is 1. The third-order valence-electron chi connectivity index (χ3n) is 2.16. The topological polar surface area (TPSA) is 26.0 Å². The van der Waals surface area contributed by atoms with Gasteiger partial charge in [0.25, 0.3) is 0 Å². The van der Waals surface area contributed by atoms with Gasteiger partial charge in [0, 0.05) is 6.04 Å². The Morgan fingerprint density at radius 2 is 2.11 bits per heavy atom. The van der Waals surface area contributed by atoms with E-state index in [0.29, 0.717) is 6.04 Å². The van der Waals surface area contributed by atoms with E-state index in [9.17, 15) is 0 Å². The molecule has 1 heteroatoms. The maximum Gasteiger partial charge on any atom is 0.00709 e. The molecule has 0 amide bonds. The average molecular weight is 127 g/mol. The third-order valence-corrected chi connectivity index (χ3v) is 2.16. The van der Waals surface area contributed by atoms with Crippen molar-refractivity contribution >= 4 is 0 Å². The molecule has 0 spiro atoms. The van der Waals surface area contributed by atoms with Crippen LogP contribution in [0.3, 0.4) is 0 Å². The lowest BCUT2D eigenvalue weighted by Gasteiger charge is -1.94. The second-order valence-corrected chi connectivity index (χ2v) is 3.16. The van der Waals surface area contributed by atoms with Crippen LogP contribution in [-0.2, 0) is 0 Å². The van der Waals surface area contributed by atoms with Crippen LogP contribution in [0.25, 0.3) is 0 Å². The Labute approximate surface area is 57.6 Å². The molecule has 0 aromatic rings. The predicted octanol–water partition coefficient (Wildman–Crippen LogP) is 1.91. The molecule has 0 radical (unpaired) electrons. The summed E-state index contributed by atoms with van der Waals surface area (Å²) in [6.07, 6.45) is 6.80. The molecule has 0 heterocycles. The van der Waals surface area contributed by atoms with Crippen LogP contribution in [-0.4, -0.2) is 6.04 Å². The maximum atomic E-state index is 5.65. The molecule has 2 N–H and O–H groups in total. The zero-order valence-corrected chi connectivity index (χ0v) is 6.27. The van der Waals surface area contributed by atoms with Gasteiger partial charge in [0.15, 0.2) is 0 Å². The first-order valence-corrected chi connectivity index (χ1v) is 4.10. The minimum absolute atomic E-state index is 0.571. The molecule has 0 unspecified atom stereocenters. The highest BCUT2D eigenvalue weighted by Gasteiger charge is 2.31. The predicted molar refractivity (Wildman–Crippen MR) is 40.2 cm³/mol. The molecule has 2 atom stereocenters. The number of rotatable bonds is 4. The molecule has 54 valence electrons. The first kappa shape index (κ1) is 7.07. The van der Waals surface area contributed by atoms with Gasteiger partial charge in [-0.15, -0.1) is 0 Å². The molecule has 1 saturated carbocycles. The van der Waals surface area contributed by atoms with E-state index < -0.39 is 0 Å². The highest BCUT2D eigenvalue weighted by Crippen LogP contribution is 2.32. The smallest absolute Gasteiger partial charge is 0.00709 e. The Bertz CT molecular complexity index is 80.6. The number of unbranched alkanes of at least 4 members (excludes halogenated alkanes) is 2. The van der Waals surface area contributed by atoms with Crippen LogP contribution in [0.4, 0.5) is 0 Å². The van der Waals surface area contributed by atoms with Gasteiger partial charge in [-0.05, 0) is 18.8 Å². The van der Waals surface area contributed by atoms with Crippen LogP contribution in [0.5, 0.6) is 0 Å². The second-order valence-electron chi connectivity index (χ2n) is 3.16. The summed E-state index contributed by atoms with van der Waals surface area (Å²) in [5, 5.41) is 0. The molecular weight excluding hydrogens is 110 g/mol. The molecule has 0 aliphatic heterocycles. The summed E-state index contributed by atoms with van der Waals surface area (Å²) < 4.78 is 0. The molecule has 1 nitrogen and oxygen atoms in total. The van der Waals surface area contributed by atoms with Gasteiger partial charge >= 0.3 is 0 Å². The number of nitrogens with two attached hydrogens (primary N) is 1. The standard InChI is InChI=1S/C8H17N/c1-2-3-4-5-7-6-8(7)9/h7-8H,2-6,9H2,1H3/t7-,8+/m0/s1. The fourth-order valence-corrected chi connectivity index (χ4v) is 1.26. The summed E-state index contributed by atoms with van der Waals surface area (Å²) in [6.45, 7) is 2.24. The van der Waals surface area contributed by atoms with Gasteiger partial charge in [0.1, 0.15) is 0 Å². The number of hydrogen-bond acceptors (Lipinski definition) is 1. The van der Waals surface area contributed by atoms with Crippen LogP contribution < -0.4 is 5.73 Å². The zero-order valence-electron chi connectivity index (χ0n) is 6.27. The van der Waals surface area contributed by atoms with Gasteiger partial charge in [-0.2, -0.15) is 0 Å². The normalized spacial score (nSPS) is 32.7. The Morgan fingerprint density at radius 3 is 2.56 bits per heavy atom. The Balaban J connectivity index is 1.83. The highest BCUT2D eigenvalue weighted by atomic mass is 14.7. The lowest BCUT2D eigenvalue weighted by atomic mass is 10.1. The largest absolute Gasteiger partial charge is 0.327 e. The van der Waals surface area contributed by atoms with Crippen LogP contribution in [0.15, 0.2) is 0 Å². The van der Waals surface area contributed by atoms with Crippen LogP contribution in [0.2, 0.25) is 0 Å². The lowest BCUT2D eigenvalue weighted by molar-refractivity contribution is 0.608. The second kappa shape index (κ2) is 3.21. The van der Waals surface area contributed by atoms with Crippen molar-refractivity contribution in [2.45, 2.75) is 45.1 Å². The van der Waals surface area contributed by atoms with Crippen molar-refractivity contribution in [1.82, 2.24) is 0 Å². The fourth-order valence-electron chi connectivity index (χ4n) is 1.26. The van der Waals surface area contributed by atoms with E-state index in [0.717, 1.165) is 5.92 Å². The first-order chi connectivity index (χ1) is 4.34. The van der Waals surface area contributed by atoms with E-state index in [1.165, 1.54) is 32.1 Å². The summed E-state index contributed by atoms with van der Waals surface area (Å²) in [4.78, 5) is 0. The molecule has 1 aliphatic carbocycles. The Morgan fingerprint density at radius 1 is 1.44 bits per heavy atom. The lowest BCUT2D eigenvalue weighted by Crippen LogP contribution is -2.01. The molecular formula is C8H17N. The quantitative estimate of drug-likeness (QED) is 0.574. The Hall–Kier alpha value is -0.0400. The van der Waals surface area contributed by atoms with Gasteiger partial charge in [0.2, 0.25) is 0 Å². The van der Waals surface area contributed by atoms with Crippen LogP contribution in [0, 0.1) is 5.92 Å². The van der Waals surface area contributed by atoms with Crippen molar-refractivity contribution in [3.05, 3.63) is 0 Å². The molecule has 0 saturated heterocycles. The van der Waals surface area contributed by atoms with Crippen molar-refractivity contribution in [3.63, 3.8) is 0 Å². The molecule has 0 bridgehead atoms. The van der Waals surface area contributed by atoms with Gasteiger partial charge in [-0.3, -0.25) is 0 Å². The van der Waals surface area contributed by atoms with E-state index in [2.05, 4.69) is 6.92 Å². The monoisotopic (exact) mass is 127 g/mol. The van der Waals surface area contributed by atoms with Crippen LogP contribution >= 0.6 is 0 Å². The van der Waals surface area contributed by atoms with Crippen molar-refractivity contribution in [1.29, 1.82) is 0 Å². The van der Waals surface area contributed by atoms with Crippen molar-refractivity contribution in [2.75, 3.05) is 0 Å². The van der Waals surface area contributed by atoms with Crippen LogP contribution in [0.1, 0.15) is 39.0 Å². The first-order valence-electron chi connectivity index (χ1n) is 4.10. The minimum Gasteiger partial charge on any atom is -0.327 e. The fraction of sp³-hybridized carbons (Fsp3) is 1.00. The molecule has 9 heavy (non-hydrogen) atoms. The average Bonchev–Trinajstić information content (AvgIpc) is 2.48. The van der Waals surface area contributed by atoms with E-state index in [1.807, 2.05) is 0 Å². The molecule has 0 aromatic heterocycles. The van der Waals surface area contributed by atoms with Crippen molar-refractivity contribution in [3.8, 4) is 0 Å². The van der Waals surface area contributed by atoms with Gasteiger partial charge < -0.3 is 5.73 Å². The SMILES string of the molecule is CCCCC[C@H]1C[C@H]1N. The highest BCUT2D eigenvalue weighted by molar-refractivity contribution is 4.89. The summed E-state index contributed by atoms with van der Waals surface area (Å²) in [5.41, 5.74) is 5.65. The van der Waals surface area contributed by atoms with E-state index in [-0.39, 0.29) is 0 Å². The summed E-state index contributed by atoms with van der Waals surface area (Å²) in [6, 6.07) is 0.571. The molecule has 0 aromatic carbocycles. The molecule has 1 aliphatic rings. The maximum absolute atomic E-state index is 5.65. The molecule has 1 rings (SSSR count). The summed E-state index contributed by atoms with van der Waals surface area (Å²) in [7, 11) is 0. The van der Waals surface area contributed by atoms with Crippen molar-refractivity contribution in [2.24, 2.45) is 11.7 Å². The van der Waals surface area contributed by atoms with Gasteiger partial charge in [-0.25, -0.2) is 0 Å². The van der Waals surface area contributed by atoms with E-state index in [1.54, 1.807) is 0 Å². The Kier molecular flexibility index (Phi) is 2.52. The van der Waals surface area contributed by atoms with Gasteiger partial charge in [0.05, 0.1) is 0 Å². The van der Waals surface area contributed by atoms with Crippen molar-refractivity contribution < 1.29 is 0 Å². The summed E-state index contributed by atoms with van der Waals surface area (Å²) >= 11 is 0. The van der Waals surface area contributed by atoms with E-state index >= 15 is 0 Å². The zero-order chi connectivity index (χ0) is 6.69. The minimum atomic E-state index is 0.571. The van der Waals surface area contributed by atoms with E-state index in [4.69, 9.17) is 5.73 Å². The molecule has 1 fully saturated rings. The third kappa shape index (κ3) is 2.35. The summed E-state index contributed by atoms with van der Waals surface area (Å²) in [5.74, 6) is 0.900.